The number of carbonyl (C=O) groups is 2. The van der Waals surface area contributed by atoms with E-state index >= 15 is 0 Å². The number of nitrogens with one attached hydrogen (secondary N) is 2. The van der Waals surface area contributed by atoms with Crippen LogP contribution in [0.1, 0.15) is 23.2 Å². The fraction of sp³-hybridized carbons (Fsp3) is 0.364. The molecule has 0 saturated carbocycles. The van der Waals surface area contributed by atoms with Crippen molar-refractivity contribution in [1.82, 2.24) is 10.2 Å². The average Bonchev–Trinajstić information content (AvgIpc) is 2.79. The first-order valence-electron chi connectivity index (χ1n) is 10.2. The van der Waals surface area contributed by atoms with Gasteiger partial charge in [-0.05, 0) is 37.1 Å². The second kappa shape index (κ2) is 10.5. The van der Waals surface area contributed by atoms with Crippen LogP contribution in [0.25, 0.3) is 0 Å². The third-order valence-corrected chi connectivity index (χ3v) is 5.25. The van der Waals surface area contributed by atoms with Crippen LogP contribution < -0.4 is 10.6 Å². The average molecular weight is 426 g/mol. The quantitative estimate of drug-likeness (QED) is 0.381. The molecule has 2 aromatic carbocycles. The second-order valence-corrected chi connectivity index (χ2v) is 7.33. The van der Waals surface area contributed by atoms with Crippen molar-refractivity contribution in [2.24, 2.45) is 5.92 Å². The highest BCUT2D eigenvalue weighted by atomic mass is 16.6. The molecular weight excluding hydrogens is 400 g/mol. The Hall–Kier alpha value is -3.46. The maximum Gasteiger partial charge on any atom is 0.293 e. The van der Waals surface area contributed by atoms with Crippen LogP contribution in [0.15, 0.2) is 48.5 Å². The minimum absolute atomic E-state index is 0.0314. The molecule has 3 rings (SSSR count). The number of nitro groups is 1. The number of rotatable bonds is 8. The summed E-state index contributed by atoms with van der Waals surface area (Å²) in [4.78, 5) is 37.8. The summed E-state index contributed by atoms with van der Waals surface area (Å²) >= 11 is 0. The summed E-state index contributed by atoms with van der Waals surface area (Å²) in [6, 6.07) is 13.6. The molecule has 1 aliphatic heterocycles. The van der Waals surface area contributed by atoms with E-state index in [1.54, 1.807) is 36.3 Å². The normalized spacial score (nSPS) is 14.2. The molecule has 1 aliphatic rings. The van der Waals surface area contributed by atoms with Gasteiger partial charge in [0.25, 0.3) is 11.6 Å². The fourth-order valence-corrected chi connectivity index (χ4v) is 3.55. The molecule has 2 aromatic rings. The summed E-state index contributed by atoms with van der Waals surface area (Å²) in [5.41, 5.74) is 1.13. The topological polar surface area (TPSA) is 114 Å². The molecule has 164 valence electrons. The van der Waals surface area contributed by atoms with Crippen LogP contribution in [-0.4, -0.2) is 55.0 Å². The molecule has 0 aromatic heterocycles. The Kier molecular flexibility index (Phi) is 7.55. The number of hydrogen-bond acceptors (Lipinski definition) is 6. The van der Waals surface area contributed by atoms with Gasteiger partial charge in [0.15, 0.2) is 0 Å². The van der Waals surface area contributed by atoms with Gasteiger partial charge in [0.1, 0.15) is 5.69 Å². The van der Waals surface area contributed by atoms with Gasteiger partial charge in [-0.15, -0.1) is 0 Å². The molecule has 0 spiro atoms. The zero-order valence-electron chi connectivity index (χ0n) is 17.4. The predicted molar refractivity (Wildman–Crippen MR) is 116 cm³/mol. The zero-order chi connectivity index (χ0) is 22.2. The highest BCUT2D eigenvalue weighted by molar-refractivity contribution is 5.96. The summed E-state index contributed by atoms with van der Waals surface area (Å²) in [6.07, 6.45) is 1.11. The monoisotopic (exact) mass is 426 g/mol. The lowest BCUT2D eigenvalue weighted by Crippen LogP contribution is -2.43. The van der Waals surface area contributed by atoms with E-state index in [4.69, 9.17) is 4.74 Å². The van der Waals surface area contributed by atoms with Crippen molar-refractivity contribution in [2.75, 3.05) is 38.7 Å². The number of carbonyl (C=O) groups excluding carboxylic acids is 2. The van der Waals surface area contributed by atoms with Crippen LogP contribution in [0.4, 0.5) is 17.1 Å². The lowest BCUT2D eigenvalue weighted by atomic mass is 9.95. The number of hydrogen-bond donors (Lipinski definition) is 2. The van der Waals surface area contributed by atoms with Crippen molar-refractivity contribution >= 4 is 28.9 Å². The van der Waals surface area contributed by atoms with Gasteiger partial charge in [0.05, 0.1) is 11.5 Å². The minimum Gasteiger partial charge on any atom is -0.383 e. The van der Waals surface area contributed by atoms with Gasteiger partial charge >= 0.3 is 0 Å². The molecular formula is C22H26N4O5. The standard InChI is InChI=1S/C22H26N4O5/c1-31-14-11-23-21(27)16-9-12-25(13-10-16)22(28)17-7-8-19(20(15-17)26(29)30)24-18-5-3-2-4-6-18/h2-8,15-16,24H,9-14H2,1H3,(H,23,27). The van der Waals surface area contributed by atoms with Crippen LogP contribution in [0, 0.1) is 16.0 Å². The molecule has 2 amide bonds. The molecule has 2 N–H and O–H groups in total. The van der Waals surface area contributed by atoms with Gasteiger partial charge in [-0.3, -0.25) is 19.7 Å². The smallest absolute Gasteiger partial charge is 0.293 e. The first-order valence-corrected chi connectivity index (χ1v) is 10.2. The number of anilines is 2. The van der Waals surface area contributed by atoms with Crippen molar-refractivity contribution in [3.8, 4) is 0 Å². The van der Waals surface area contributed by atoms with Crippen LogP contribution in [0.5, 0.6) is 0 Å². The summed E-state index contributed by atoms with van der Waals surface area (Å²) in [7, 11) is 1.57. The van der Waals surface area contributed by atoms with Crippen molar-refractivity contribution in [3.63, 3.8) is 0 Å². The molecule has 1 saturated heterocycles. The molecule has 9 heteroatoms. The Labute approximate surface area is 180 Å². The highest BCUT2D eigenvalue weighted by Gasteiger charge is 2.28. The predicted octanol–water partition coefficient (Wildman–Crippen LogP) is 2.95. The van der Waals surface area contributed by atoms with E-state index in [-0.39, 0.29) is 29.0 Å². The van der Waals surface area contributed by atoms with Crippen molar-refractivity contribution in [1.29, 1.82) is 0 Å². The van der Waals surface area contributed by atoms with Crippen LogP contribution in [0.3, 0.4) is 0 Å². The van der Waals surface area contributed by atoms with E-state index in [1.165, 1.54) is 6.07 Å². The van der Waals surface area contributed by atoms with E-state index < -0.39 is 4.92 Å². The Morgan fingerprint density at radius 3 is 2.52 bits per heavy atom. The number of nitrogens with zero attached hydrogens (tertiary/aromatic N) is 2. The summed E-state index contributed by atoms with van der Waals surface area (Å²) < 4.78 is 4.93. The molecule has 9 nitrogen and oxygen atoms in total. The second-order valence-electron chi connectivity index (χ2n) is 7.33. The Bertz CT molecular complexity index is 927. The molecule has 0 bridgehead atoms. The van der Waals surface area contributed by atoms with Crippen molar-refractivity contribution in [2.45, 2.75) is 12.8 Å². The lowest BCUT2D eigenvalue weighted by Gasteiger charge is -2.31. The maximum absolute atomic E-state index is 12.9. The number of likely N-dealkylation sites (tertiary alicyclic amines) is 1. The number of methoxy groups -OCH3 is 1. The Morgan fingerprint density at radius 2 is 1.87 bits per heavy atom. The van der Waals surface area contributed by atoms with Crippen LogP contribution >= 0.6 is 0 Å². The van der Waals surface area contributed by atoms with Gasteiger partial charge in [-0.2, -0.15) is 0 Å². The zero-order valence-corrected chi connectivity index (χ0v) is 17.4. The van der Waals surface area contributed by atoms with Gasteiger partial charge < -0.3 is 20.3 Å². The van der Waals surface area contributed by atoms with Gasteiger partial charge in [0.2, 0.25) is 5.91 Å². The Morgan fingerprint density at radius 1 is 1.16 bits per heavy atom. The van der Waals surface area contributed by atoms with Crippen molar-refractivity contribution in [3.05, 3.63) is 64.2 Å². The minimum atomic E-state index is -0.501. The van der Waals surface area contributed by atoms with Gasteiger partial charge in [0, 0.05) is 50.0 Å². The van der Waals surface area contributed by atoms with E-state index in [2.05, 4.69) is 10.6 Å². The molecule has 31 heavy (non-hydrogen) atoms. The number of piperidine rings is 1. The first kappa shape index (κ1) is 22.2. The summed E-state index contributed by atoms with van der Waals surface area (Å²) in [6.45, 7) is 1.77. The molecule has 1 fully saturated rings. The van der Waals surface area contributed by atoms with Crippen LogP contribution in [-0.2, 0) is 9.53 Å². The van der Waals surface area contributed by atoms with E-state index in [9.17, 15) is 19.7 Å². The highest BCUT2D eigenvalue weighted by Crippen LogP contribution is 2.29. The number of amides is 2. The van der Waals surface area contributed by atoms with Crippen molar-refractivity contribution < 1.29 is 19.2 Å². The summed E-state index contributed by atoms with van der Waals surface area (Å²) in [5.74, 6) is -0.448. The molecule has 0 aliphatic carbocycles. The van der Waals surface area contributed by atoms with E-state index in [0.29, 0.717) is 44.8 Å². The van der Waals surface area contributed by atoms with Gasteiger partial charge in [-0.1, -0.05) is 18.2 Å². The first-order chi connectivity index (χ1) is 15.0. The number of benzene rings is 2. The molecule has 0 unspecified atom stereocenters. The van der Waals surface area contributed by atoms with Crippen LogP contribution in [0.2, 0.25) is 0 Å². The third kappa shape index (κ3) is 5.79. The third-order valence-electron chi connectivity index (χ3n) is 5.25. The lowest BCUT2D eigenvalue weighted by molar-refractivity contribution is -0.383. The summed E-state index contributed by atoms with van der Waals surface area (Å²) in [5, 5.41) is 17.4. The Balaban J connectivity index is 1.65. The number of nitro benzene ring substituents is 1. The number of para-hydroxylation sites is 1. The molecule has 0 radical (unpaired) electrons. The largest absolute Gasteiger partial charge is 0.383 e. The SMILES string of the molecule is COCCNC(=O)C1CCN(C(=O)c2ccc(Nc3ccccc3)c([N+](=O)[O-])c2)CC1. The van der Waals surface area contributed by atoms with Gasteiger partial charge in [-0.25, -0.2) is 0 Å². The molecule has 0 atom stereocenters. The molecule has 1 heterocycles. The van der Waals surface area contributed by atoms with E-state index in [0.717, 1.165) is 5.69 Å². The fourth-order valence-electron chi connectivity index (χ4n) is 3.55. The maximum atomic E-state index is 12.9. The van der Waals surface area contributed by atoms with E-state index in [1.807, 2.05) is 18.2 Å². The number of ether oxygens (including phenoxy) is 1.